The molecule has 1 heterocycles. The maximum atomic E-state index is 13.6. The zero-order chi connectivity index (χ0) is 16.7. The Morgan fingerprint density at radius 3 is 2.75 bits per heavy atom. The number of benzene rings is 2. The second kappa shape index (κ2) is 5.78. The highest BCUT2D eigenvalue weighted by atomic mass is 19.1. The molecule has 122 valence electrons. The van der Waals surface area contributed by atoms with Gasteiger partial charge in [-0.25, -0.2) is 9.18 Å². The number of rotatable bonds is 2. The molecule has 0 bridgehead atoms. The number of hydrogen-bond acceptors (Lipinski definition) is 3. The second-order valence-electron chi connectivity index (χ2n) is 6.32. The third-order valence-corrected chi connectivity index (χ3v) is 5.02. The predicted molar refractivity (Wildman–Crippen MR) is 90.5 cm³/mol. The van der Waals surface area contributed by atoms with Gasteiger partial charge in [0.1, 0.15) is 5.82 Å². The van der Waals surface area contributed by atoms with Crippen LogP contribution in [0.4, 0.5) is 10.1 Å². The molecule has 2 aromatic carbocycles. The molecule has 0 fully saturated rings. The molecule has 0 aromatic heterocycles. The average molecular weight is 323 g/mol. The Hall–Kier alpha value is -2.62. The van der Waals surface area contributed by atoms with Crippen LogP contribution < -0.4 is 5.32 Å². The number of carbonyl (C=O) groups excluding carboxylic acids is 1. The number of esters is 1. The molecule has 1 N–H and O–H groups in total. The number of methoxy groups -OCH3 is 1. The Morgan fingerprint density at radius 1 is 1.21 bits per heavy atom. The van der Waals surface area contributed by atoms with Crippen molar-refractivity contribution < 1.29 is 13.9 Å². The fourth-order valence-corrected chi connectivity index (χ4v) is 3.84. The Bertz CT molecular complexity index is 813. The smallest absolute Gasteiger partial charge is 0.337 e. The van der Waals surface area contributed by atoms with E-state index in [0.29, 0.717) is 11.5 Å². The van der Waals surface area contributed by atoms with Gasteiger partial charge in [0, 0.05) is 11.6 Å². The summed E-state index contributed by atoms with van der Waals surface area (Å²) in [4.78, 5) is 11.6. The van der Waals surface area contributed by atoms with E-state index in [0.717, 1.165) is 23.2 Å². The Labute approximate surface area is 140 Å². The van der Waals surface area contributed by atoms with Crippen molar-refractivity contribution in [2.75, 3.05) is 12.4 Å². The van der Waals surface area contributed by atoms with Crippen molar-refractivity contribution in [2.24, 2.45) is 5.92 Å². The Kier molecular flexibility index (Phi) is 3.60. The number of carbonyl (C=O) groups is 1. The maximum absolute atomic E-state index is 13.6. The average Bonchev–Trinajstić information content (AvgIpc) is 3.11. The van der Waals surface area contributed by atoms with Crippen molar-refractivity contribution in [3.05, 3.63) is 77.1 Å². The molecular weight excluding hydrogens is 305 g/mol. The minimum Gasteiger partial charge on any atom is -0.465 e. The molecule has 1 aliphatic carbocycles. The molecule has 2 aromatic rings. The first kappa shape index (κ1) is 14.9. The van der Waals surface area contributed by atoms with Crippen LogP contribution in [0.3, 0.4) is 0 Å². The fraction of sp³-hybridized carbons (Fsp3) is 0.250. The van der Waals surface area contributed by atoms with Crippen LogP contribution in [0.2, 0.25) is 0 Å². The van der Waals surface area contributed by atoms with Crippen LogP contribution in [-0.4, -0.2) is 13.1 Å². The third-order valence-electron chi connectivity index (χ3n) is 5.02. The van der Waals surface area contributed by atoms with E-state index < -0.39 is 0 Å². The summed E-state index contributed by atoms with van der Waals surface area (Å²) in [6, 6.07) is 12.6. The zero-order valence-electron chi connectivity index (χ0n) is 13.3. The van der Waals surface area contributed by atoms with Crippen LogP contribution >= 0.6 is 0 Å². The van der Waals surface area contributed by atoms with Crippen LogP contribution in [0.25, 0.3) is 0 Å². The minimum atomic E-state index is -0.334. The van der Waals surface area contributed by atoms with Gasteiger partial charge in [-0.2, -0.15) is 0 Å². The first-order valence-electron chi connectivity index (χ1n) is 8.08. The first-order valence-corrected chi connectivity index (χ1v) is 8.08. The highest BCUT2D eigenvalue weighted by molar-refractivity contribution is 5.89. The molecule has 0 amide bonds. The number of allylic oxidation sites excluding steroid dienone is 2. The van der Waals surface area contributed by atoms with E-state index >= 15 is 0 Å². The fourth-order valence-electron chi connectivity index (χ4n) is 3.84. The molecule has 1 aliphatic heterocycles. The SMILES string of the molecule is COC(=O)c1ccc([C@H]2Nc3ccc(F)cc3[C@H]3C=CC[C@H]32)cc1. The van der Waals surface area contributed by atoms with Gasteiger partial charge in [-0.05, 0) is 53.8 Å². The molecule has 4 rings (SSSR count). The molecule has 0 saturated carbocycles. The first-order chi connectivity index (χ1) is 11.7. The molecular formula is C20H18FNO2. The van der Waals surface area contributed by atoms with Gasteiger partial charge in [0.15, 0.2) is 0 Å². The summed E-state index contributed by atoms with van der Waals surface area (Å²) in [6.45, 7) is 0. The lowest BCUT2D eigenvalue weighted by Crippen LogP contribution is -2.29. The van der Waals surface area contributed by atoms with E-state index in [1.165, 1.54) is 13.2 Å². The number of anilines is 1. The summed E-state index contributed by atoms with van der Waals surface area (Å²) in [5.41, 5.74) is 3.67. The molecule has 0 spiro atoms. The van der Waals surface area contributed by atoms with Gasteiger partial charge in [-0.15, -0.1) is 0 Å². The topological polar surface area (TPSA) is 38.3 Å². The summed E-state index contributed by atoms with van der Waals surface area (Å²) in [7, 11) is 1.38. The monoisotopic (exact) mass is 323 g/mol. The van der Waals surface area contributed by atoms with Crippen LogP contribution in [-0.2, 0) is 4.74 Å². The van der Waals surface area contributed by atoms with Crippen LogP contribution in [0.1, 0.15) is 39.9 Å². The molecule has 3 atom stereocenters. The van der Waals surface area contributed by atoms with Gasteiger partial charge < -0.3 is 10.1 Å². The molecule has 4 heteroatoms. The highest BCUT2D eigenvalue weighted by Crippen LogP contribution is 2.49. The van der Waals surface area contributed by atoms with E-state index in [2.05, 4.69) is 17.5 Å². The number of ether oxygens (including phenoxy) is 1. The summed E-state index contributed by atoms with van der Waals surface area (Å²) >= 11 is 0. The molecule has 2 aliphatic rings. The van der Waals surface area contributed by atoms with Gasteiger partial charge in [0.25, 0.3) is 0 Å². The van der Waals surface area contributed by atoms with Crippen molar-refractivity contribution in [1.29, 1.82) is 0 Å². The summed E-state index contributed by atoms with van der Waals surface area (Å²) in [5, 5.41) is 3.55. The summed E-state index contributed by atoms with van der Waals surface area (Å²) in [6.07, 6.45) is 5.31. The standard InChI is InChI=1S/C20H18FNO2/c1-24-20(23)13-7-5-12(6-8-13)19-16-4-2-3-15(16)17-11-14(21)9-10-18(17)22-19/h2-3,5-11,15-16,19,22H,4H2,1H3/t15-,16+,19+/m0/s1. The number of halogens is 1. The van der Waals surface area contributed by atoms with Gasteiger partial charge in [-0.1, -0.05) is 24.3 Å². The maximum Gasteiger partial charge on any atom is 0.337 e. The highest BCUT2D eigenvalue weighted by Gasteiger charge is 2.37. The van der Waals surface area contributed by atoms with Gasteiger partial charge in [0.05, 0.1) is 18.7 Å². The number of nitrogens with one attached hydrogen (secondary N) is 1. The van der Waals surface area contributed by atoms with E-state index in [4.69, 9.17) is 4.74 Å². The van der Waals surface area contributed by atoms with Gasteiger partial charge in [-0.3, -0.25) is 0 Å². The lowest BCUT2D eigenvalue weighted by molar-refractivity contribution is 0.0600. The van der Waals surface area contributed by atoms with Crippen molar-refractivity contribution in [3.63, 3.8) is 0 Å². The van der Waals surface area contributed by atoms with Crippen molar-refractivity contribution >= 4 is 11.7 Å². The van der Waals surface area contributed by atoms with Crippen LogP contribution in [0.15, 0.2) is 54.6 Å². The summed E-state index contributed by atoms with van der Waals surface area (Å²) in [5.74, 6) is 0.0420. The number of fused-ring (bicyclic) bond motifs is 3. The van der Waals surface area contributed by atoms with E-state index in [9.17, 15) is 9.18 Å². The van der Waals surface area contributed by atoms with E-state index in [-0.39, 0.29) is 23.7 Å². The Morgan fingerprint density at radius 2 is 2.00 bits per heavy atom. The minimum absolute atomic E-state index is 0.134. The normalized spacial score (nSPS) is 24.0. The second-order valence-corrected chi connectivity index (χ2v) is 6.32. The molecule has 0 saturated heterocycles. The van der Waals surface area contributed by atoms with Crippen molar-refractivity contribution in [1.82, 2.24) is 0 Å². The third kappa shape index (κ3) is 2.39. The van der Waals surface area contributed by atoms with Crippen LogP contribution in [0.5, 0.6) is 0 Å². The molecule has 24 heavy (non-hydrogen) atoms. The predicted octanol–water partition coefficient (Wildman–Crippen LogP) is 4.44. The molecule has 0 radical (unpaired) electrons. The Balaban J connectivity index is 1.69. The lowest BCUT2D eigenvalue weighted by atomic mass is 9.77. The molecule has 3 nitrogen and oxygen atoms in total. The summed E-state index contributed by atoms with van der Waals surface area (Å²) < 4.78 is 18.4. The van der Waals surface area contributed by atoms with Gasteiger partial charge >= 0.3 is 5.97 Å². The quantitative estimate of drug-likeness (QED) is 0.656. The number of hydrogen-bond donors (Lipinski definition) is 1. The lowest BCUT2D eigenvalue weighted by Gasteiger charge is -2.37. The van der Waals surface area contributed by atoms with E-state index in [1.807, 2.05) is 18.2 Å². The van der Waals surface area contributed by atoms with E-state index in [1.54, 1.807) is 18.2 Å². The molecule has 0 unspecified atom stereocenters. The van der Waals surface area contributed by atoms with Crippen molar-refractivity contribution in [2.45, 2.75) is 18.4 Å². The largest absolute Gasteiger partial charge is 0.465 e. The zero-order valence-corrected chi connectivity index (χ0v) is 13.3. The van der Waals surface area contributed by atoms with Gasteiger partial charge in [0.2, 0.25) is 0 Å². The van der Waals surface area contributed by atoms with Crippen LogP contribution in [0, 0.1) is 11.7 Å². The van der Waals surface area contributed by atoms with Crippen molar-refractivity contribution in [3.8, 4) is 0 Å².